The molecule has 1 heterocycles. The van der Waals surface area contributed by atoms with E-state index in [0.717, 1.165) is 10.2 Å². The number of hydrogen-bond acceptors (Lipinski definition) is 3. The summed E-state index contributed by atoms with van der Waals surface area (Å²) in [5.74, 6) is -1.03. The minimum absolute atomic E-state index is 0.0964. The summed E-state index contributed by atoms with van der Waals surface area (Å²) < 4.78 is 1.04. The predicted molar refractivity (Wildman–Crippen MR) is 82.5 cm³/mol. The summed E-state index contributed by atoms with van der Waals surface area (Å²) in [6, 6.07) is 7.04. The minimum atomic E-state index is -1.03. The summed E-state index contributed by atoms with van der Waals surface area (Å²) in [7, 11) is 0. The van der Waals surface area contributed by atoms with E-state index in [9.17, 15) is 4.79 Å². The average molecular weight is 361 g/mol. The van der Waals surface area contributed by atoms with Gasteiger partial charge in [-0.2, -0.15) is 0 Å². The van der Waals surface area contributed by atoms with Crippen LogP contribution in [0.4, 0.5) is 5.69 Å². The van der Waals surface area contributed by atoms with E-state index in [1.165, 1.54) is 4.88 Å². The molecule has 0 radical (unpaired) electrons. The Hall–Kier alpha value is -1.04. The Labute approximate surface area is 128 Å². The number of carboxylic acids is 1. The number of carbonyl (C=O) groups is 1. The van der Waals surface area contributed by atoms with Gasteiger partial charge in [-0.25, -0.2) is 4.79 Å². The first-order chi connectivity index (χ1) is 8.97. The molecule has 0 aliphatic carbocycles. The Kier molecular flexibility index (Phi) is 4.50. The lowest BCUT2D eigenvalue weighted by Gasteiger charge is -2.14. The molecule has 0 fully saturated rings. The van der Waals surface area contributed by atoms with Crippen LogP contribution in [0.5, 0.6) is 0 Å². The van der Waals surface area contributed by atoms with Gasteiger partial charge in [0.25, 0.3) is 0 Å². The van der Waals surface area contributed by atoms with E-state index in [0.29, 0.717) is 0 Å². The number of halogens is 2. The van der Waals surface area contributed by atoms with Crippen molar-refractivity contribution < 1.29 is 9.90 Å². The zero-order chi connectivity index (χ0) is 14.0. The van der Waals surface area contributed by atoms with Crippen LogP contribution < -0.4 is 5.32 Å². The number of carboxylic acid groups (broad SMARTS) is 1. The van der Waals surface area contributed by atoms with Crippen molar-refractivity contribution in [3.63, 3.8) is 0 Å². The van der Waals surface area contributed by atoms with Crippen LogP contribution in [0.15, 0.2) is 34.1 Å². The standard InChI is InChI=1S/C13H11BrClNO2S/c1-7(12-4-8(14)6-19-12)16-9-2-3-11(15)10(5-9)13(17)18/h2-7,16H,1H3,(H,17,18). The molecule has 3 nitrogen and oxygen atoms in total. The molecule has 1 unspecified atom stereocenters. The molecule has 19 heavy (non-hydrogen) atoms. The summed E-state index contributed by atoms with van der Waals surface area (Å²) in [4.78, 5) is 12.2. The predicted octanol–water partition coefficient (Wildman–Crippen LogP) is 5.04. The average Bonchev–Trinajstić information content (AvgIpc) is 2.78. The number of thiophene rings is 1. The highest BCUT2D eigenvalue weighted by atomic mass is 79.9. The molecule has 2 rings (SSSR count). The lowest BCUT2D eigenvalue weighted by molar-refractivity contribution is 0.0697. The lowest BCUT2D eigenvalue weighted by Crippen LogP contribution is -2.06. The smallest absolute Gasteiger partial charge is 0.337 e. The molecule has 1 aromatic heterocycles. The Morgan fingerprint density at radius 2 is 2.21 bits per heavy atom. The van der Waals surface area contributed by atoms with Gasteiger partial charge in [-0.05, 0) is 47.1 Å². The summed E-state index contributed by atoms with van der Waals surface area (Å²) in [5, 5.41) is 14.5. The molecule has 2 aromatic rings. The number of aromatic carboxylic acids is 1. The summed E-state index contributed by atoms with van der Waals surface area (Å²) in [6.45, 7) is 2.02. The first-order valence-electron chi connectivity index (χ1n) is 5.50. The van der Waals surface area contributed by atoms with E-state index in [1.807, 2.05) is 18.4 Å². The van der Waals surface area contributed by atoms with Gasteiger partial charge in [-0.1, -0.05) is 11.6 Å². The third-order valence-electron chi connectivity index (χ3n) is 2.59. The molecule has 0 amide bonds. The van der Waals surface area contributed by atoms with Crippen LogP contribution in [0.25, 0.3) is 0 Å². The van der Waals surface area contributed by atoms with Crippen molar-refractivity contribution in [2.24, 2.45) is 0 Å². The van der Waals surface area contributed by atoms with Gasteiger partial charge in [-0.3, -0.25) is 0 Å². The molecule has 6 heteroatoms. The van der Waals surface area contributed by atoms with Crippen LogP contribution in [0.3, 0.4) is 0 Å². The van der Waals surface area contributed by atoms with Crippen molar-refractivity contribution in [3.8, 4) is 0 Å². The zero-order valence-electron chi connectivity index (χ0n) is 9.98. The van der Waals surface area contributed by atoms with Gasteiger partial charge in [0.05, 0.1) is 16.6 Å². The van der Waals surface area contributed by atoms with Crippen molar-refractivity contribution in [1.82, 2.24) is 0 Å². The fourth-order valence-corrected chi connectivity index (χ4v) is 3.31. The SMILES string of the molecule is CC(Nc1ccc(Cl)c(C(=O)O)c1)c1cc(Br)cs1. The first kappa shape index (κ1) is 14.4. The van der Waals surface area contributed by atoms with Gasteiger partial charge in [0, 0.05) is 20.4 Å². The second kappa shape index (κ2) is 5.94. The Morgan fingerprint density at radius 1 is 1.47 bits per heavy atom. The van der Waals surface area contributed by atoms with Crippen molar-refractivity contribution >= 4 is 50.5 Å². The van der Waals surface area contributed by atoms with Gasteiger partial charge in [0.15, 0.2) is 0 Å². The molecule has 1 atom stereocenters. The van der Waals surface area contributed by atoms with Crippen LogP contribution in [0.2, 0.25) is 5.02 Å². The maximum absolute atomic E-state index is 11.0. The second-order valence-corrected chi connectivity index (χ2v) is 6.30. The molecule has 0 spiro atoms. The highest BCUT2D eigenvalue weighted by Gasteiger charge is 2.12. The molecular weight excluding hydrogens is 350 g/mol. The molecule has 0 saturated heterocycles. The number of anilines is 1. The van der Waals surface area contributed by atoms with Crippen molar-refractivity contribution in [2.75, 3.05) is 5.32 Å². The van der Waals surface area contributed by atoms with Crippen molar-refractivity contribution in [1.29, 1.82) is 0 Å². The number of rotatable bonds is 4. The van der Waals surface area contributed by atoms with Gasteiger partial charge in [-0.15, -0.1) is 11.3 Å². The molecular formula is C13H11BrClNO2S. The maximum Gasteiger partial charge on any atom is 0.337 e. The van der Waals surface area contributed by atoms with Crippen LogP contribution in [-0.2, 0) is 0 Å². The Morgan fingerprint density at radius 3 is 2.79 bits per heavy atom. The molecule has 0 aliphatic rings. The molecule has 0 bridgehead atoms. The quantitative estimate of drug-likeness (QED) is 0.803. The van der Waals surface area contributed by atoms with Crippen molar-refractivity contribution in [2.45, 2.75) is 13.0 Å². The monoisotopic (exact) mass is 359 g/mol. The van der Waals surface area contributed by atoms with Gasteiger partial charge >= 0.3 is 5.97 Å². The highest BCUT2D eigenvalue weighted by molar-refractivity contribution is 9.10. The van der Waals surface area contributed by atoms with Crippen LogP contribution in [0, 0.1) is 0 Å². The number of nitrogens with one attached hydrogen (secondary N) is 1. The first-order valence-corrected chi connectivity index (χ1v) is 7.55. The van der Waals surface area contributed by atoms with Gasteiger partial charge in [0.1, 0.15) is 0 Å². The summed E-state index contributed by atoms with van der Waals surface area (Å²) >= 11 is 10.9. The van der Waals surface area contributed by atoms with E-state index in [4.69, 9.17) is 16.7 Å². The molecule has 0 saturated carbocycles. The molecule has 0 aliphatic heterocycles. The minimum Gasteiger partial charge on any atom is -0.478 e. The molecule has 1 aromatic carbocycles. The van der Waals surface area contributed by atoms with E-state index in [-0.39, 0.29) is 16.6 Å². The van der Waals surface area contributed by atoms with Crippen molar-refractivity contribution in [3.05, 3.63) is 49.6 Å². The van der Waals surface area contributed by atoms with E-state index in [2.05, 4.69) is 21.2 Å². The van der Waals surface area contributed by atoms with Gasteiger partial charge < -0.3 is 10.4 Å². The second-order valence-electron chi connectivity index (χ2n) is 4.03. The molecule has 100 valence electrons. The van der Waals surface area contributed by atoms with Gasteiger partial charge in [0.2, 0.25) is 0 Å². The summed E-state index contributed by atoms with van der Waals surface area (Å²) in [6.07, 6.45) is 0. The highest BCUT2D eigenvalue weighted by Crippen LogP contribution is 2.29. The largest absolute Gasteiger partial charge is 0.478 e. The van der Waals surface area contributed by atoms with E-state index < -0.39 is 5.97 Å². The third-order valence-corrected chi connectivity index (χ3v) is 4.80. The van der Waals surface area contributed by atoms with E-state index >= 15 is 0 Å². The number of benzene rings is 1. The van der Waals surface area contributed by atoms with Crippen LogP contribution in [-0.4, -0.2) is 11.1 Å². The normalized spacial score (nSPS) is 12.2. The Bertz CT molecular complexity index is 614. The fraction of sp³-hybridized carbons (Fsp3) is 0.154. The van der Waals surface area contributed by atoms with Crippen LogP contribution in [0.1, 0.15) is 28.2 Å². The topological polar surface area (TPSA) is 49.3 Å². The molecule has 2 N–H and O–H groups in total. The fourth-order valence-electron chi connectivity index (χ4n) is 1.66. The van der Waals surface area contributed by atoms with Crippen LogP contribution >= 0.6 is 38.9 Å². The zero-order valence-corrected chi connectivity index (χ0v) is 13.1. The lowest BCUT2D eigenvalue weighted by atomic mass is 10.2. The third kappa shape index (κ3) is 3.49. The summed E-state index contributed by atoms with van der Waals surface area (Å²) in [5.41, 5.74) is 0.838. The Balaban J connectivity index is 2.19. The maximum atomic E-state index is 11.0. The van der Waals surface area contributed by atoms with E-state index in [1.54, 1.807) is 29.5 Å². The number of hydrogen-bond donors (Lipinski definition) is 2.